The number of aryl methyl sites for hydroxylation is 1. The van der Waals surface area contributed by atoms with E-state index in [0.717, 1.165) is 36.4 Å². The molecule has 1 saturated heterocycles. The van der Waals surface area contributed by atoms with Gasteiger partial charge in [-0.25, -0.2) is 0 Å². The summed E-state index contributed by atoms with van der Waals surface area (Å²) >= 11 is 0. The number of amides is 1. The number of rotatable bonds is 4. The van der Waals surface area contributed by atoms with Crippen molar-refractivity contribution >= 4 is 11.6 Å². The van der Waals surface area contributed by atoms with E-state index in [1.165, 1.54) is 0 Å². The Morgan fingerprint density at radius 1 is 1.45 bits per heavy atom. The highest BCUT2D eigenvalue weighted by atomic mass is 16.5. The zero-order chi connectivity index (χ0) is 14.7. The van der Waals surface area contributed by atoms with Gasteiger partial charge in [0, 0.05) is 43.9 Å². The number of hydrogen-bond donors (Lipinski definition) is 1. The van der Waals surface area contributed by atoms with E-state index in [1.54, 1.807) is 19.0 Å². The normalized spacial score (nSPS) is 19.7. The van der Waals surface area contributed by atoms with Gasteiger partial charge in [0.05, 0.1) is 6.61 Å². The summed E-state index contributed by atoms with van der Waals surface area (Å²) in [5.74, 6) is 0.615. The van der Waals surface area contributed by atoms with E-state index < -0.39 is 0 Å². The van der Waals surface area contributed by atoms with Gasteiger partial charge in [-0.1, -0.05) is 0 Å². The van der Waals surface area contributed by atoms with Gasteiger partial charge in [0.2, 0.25) is 0 Å². The lowest BCUT2D eigenvalue weighted by atomic mass is 10.00. The third-order valence-electron chi connectivity index (χ3n) is 3.93. The van der Waals surface area contributed by atoms with Crippen molar-refractivity contribution in [3.05, 3.63) is 29.3 Å². The summed E-state index contributed by atoms with van der Waals surface area (Å²) in [6, 6.07) is 6.31. The Kier molecular flexibility index (Phi) is 4.65. The van der Waals surface area contributed by atoms with Crippen molar-refractivity contribution in [2.24, 2.45) is 5.92 Å². The fraction of sp³-hybridized carbons (Fsp3) is 0.562. The van der Waals surface area contributed by atoms with Gasteiger partial charge in [0.1, 0.15) is 0 Å². The first-order valence-corrected chi connectivity index (χ1v) is 7.15. The molecule has 1 aliphatic heterocycles. The second-order valence-corrected chi connectivity index (χ2v) is 5.79. The second-order valence-electron chi connectivity index (χ2n) is 5.79. The standard InChI is InChI=1S/C16H24N2O2/c1-11-9-14(5-6-15(11)16(19)18(3)4)17-12(2)13-7-8-20-10-13/h5-6,9,12-13,17H,7-8,10H2,1-4H3. The van der Waals surface area contributed by atoms with Crippen LogP contribution in [-0.2, 0) is 4.74 Å². The quantitative estimate of drug-likeness (QED) is 0.919. The smallest absolute Gasteiger partial charge is 0.253 e. The van der Waals surface area contributed by atoms with Crippen LogP contribution in [0.15, 0.2) is 18.2 Å². The minimum absolute atomic E-state index is 0.0475. The van der Waals surface area contributed by atoms with Crippen molar-refractivity contribution in [2.75, 3.05) is 32.6 Å². The first-order chi connectivity index (χ1) is 9.49. The average molecular weight is 276 g/mol. The summed E-state index contributed by atoms with van der Waals surface area (Å²) in [7, 11) is 3.55. The van der Waals surface area contributed by atoms with E-state index in [0.29, 0.717) is 12.0 Å². The van der Waals surface area contributed by atoms with E-state index in [9.17, 15) is 4.79 Å². The maximum atomic E-state index is 12.0. The number of nitrogens with zero attached hydrogens (tertiary/aromatic N) is 1. The Bertz CT molecular complexity index is 479. The second kappa shape index (κ2) is 6.27. The molecule has 1 N–H and O–H groups in total. The number of ether oxygens (including phenoxy) is 1. The lowest BCUT2D eigenvalue weighted by molar-refractivity contribution is 0.0827. The van der Waals surface area contributed by atoms with Crippen LogP contribution in [0, 0.1) is 12.8 Å². The van der Waals surface area contributed by atoms with Gasteiger partial charge in [-0.05, 0) is 44.0 Å². The highest BCUT2D eigenvalue weighted by molar-refractivity contribution is 5.95. The summed E-state index contributed by atoms with van der Waals surface area (Å²) in [5, 5.41) is 3.52. The van der Waals surface area contributed by atoms with Gasteiger partial charge in [-0.3, -0.25) is 4.79 Å². The van der Waals surface area contributed by atoms with E-state index in [4.69, 9.17) is 4.74 Å². The van der Waals surface area contributed by atoms with Crippen LogP contribution < -0.4 is 5.32 Å². The van der Waals surface area contributed by atoms with Crippen LogP contribution in [0.4, 0.5) is 5.69 Å². The third kappa shape index (κ3) is 3.31. The molecule has 20 heavy (non-hydrogen) atoms. The molecule has 0 aliphatic carbocycles. The van der Waals surface area contributed by atoms with Crippen molar-refractivity contribution in [3.8, 4) is 0 Å². The van der Waals surface area contributed by atoms with Crippen LogP contribution >= 0.6 is 0 Å². The maximum Gasteiger partial charge on any atom is 0.253 e. The predicted octanol–water partition coefficient (Wildman–Crippen LogP) is 2.53. The highest BCUT2D eigenvalue weighted by Gasteiger charge is 2.22. The summed E-state index contributed by atoms with van der Waals surface area (Å²) in [5.41, 5.74) is 2.83. The van der Waals surface area contributed by atoms with Crippen molar-refractivity contribution in [3.63, 3.8) is 0 Å². The number of anilines is 1. The Morgan fingerprint density at radius 3 is 2.75 bits per heavy atom. The fourth-order valence-electron chi connectivity index (χ4n) is 2.56. The molecular weight excluding hydrogens is 252 g/mol. The number of hydrogen-bond acceptors (Lipinski definition) is 3. The van der Waals surface area contributed by atoms with Crippen molar-refractivity contribution < 1.29 is 9.53 Å². The molecule has 2 unspecified atom stereocenters. The van der Waals surface area contributed by atoms with Gasteiger partial charge in [-0.2, -0.15) is 0 Å². The Labute approximate surface area is 121 Å². The van der Waals surface area contributed by atoms with Crippen LogP contribution in [-0.4, -0.2) is 44.2 Å². The van der Waals surface area contributed by atoms with Gasteiger partial charge >= 0.3 is 0 Å². The SMILES string of the molecule is Cc1cc(NC(C)C2CCOC2)ccc1C(=O)N(C)C. The summed E-state index contributed by atoms with van der Waals surface area (Å²) in [4.78, 5) is 13.6. The highest BCUT2D eigenvalue weighted by Crippen LogP contribution is 2.22. The van der Waals surface area contributed by atoms with Crippen LogP contribution in [0.2, 0.25) is 0 Å². The first kappa shape index (κ1) is 14.9. The monoisotopic (exact) mass is 276 g/mol. The van der Waals surface area contributed by atoms with E-state index >= 15 is 0 Å². The Balaban J connectivity index is 2.06. The van der Waals surface area contributed by atoms with Gasteiger partial charge in [-0.15, -0.1) is 0 Å². The van der Waals surface area contributed by atoms with Crippen molar-refractivity contribution in [1.82, 2.24) is 4.90 Å². The van der Waals surface area contributed by atoms with Crippen molar-refractivity contribution in [1.29, 1.82) is 0 Å². The van der Waals surface area contributed by atoms with Crippen LogP contribution in [0.5, 0.6) is 0 Å². The molecule has 0 bridgehead atoms. The van der Waals surface area contributed by atoms with Gasteiger partial charge < -0.3 is 15.0 Å². The molecule has 0 aromatic heterocycles. The van der Waals surface area contributed by atoms with Gasteiger partial charge in [0.15, 0.2) is 0 Å². The number of benzene rings is 1. The zero-order valence-corrected chi connectivity index (χ0v) is 12.8. The molecule has 1 aromatic rings. The largest absolute Gasteiger partial charge is 0.382 e. The summed E-state index contributed by atoms with van der Waals surface area (Å²) < 4.78 is 5.43. The van der Waals surface area contributed by atoms with Crippen molar-refractivity contribution in [2.45, 2.75) is 26.3 Å². The zero-order valence-electron chi connectivity index (χ0n) is 12.8. The number of carbonyl (C=O) groups is 1. The summed E-state index contributed by atoms with van der Waals surface area (Å²) in [6.07, 6.45) is 1.12. The summed E-state index contributed by atoms with van der Waals surface area (Å²) in [6.45, 7) is 5.87. The fourth-order valence-corrected chi connectivity index (χ4v) is 2.56. The molecule has 110 valence electrons. The molecule has 0 radical (unpaired) electrons. The predicted molar refractivity (Wildman–Crippen MR) is 81.2 cm³/mol. The Hall–Kier alpha value is -1.55. The third-order valence-corrected chi connectivity index (χ3v) is 3.93. The molecule has 1 aliphatic rings. The number of carbonyl (C=O) groups excluding carboxylic acids is 1. The average Bonchev–Trinajstić information content (AvgIpc) is 2.92. The Morgan fingerprint density at radius 2 is 2.20 bits per heavy atom. The van der Waals surface area contributed by atoms with E-state index in [2.05, 4.69) is 12.2 Å². The molecule has 1 aromatic carbocycles. The molecule has 1 fully saturated rings. The first-order valence-electron chi connectivity index (χ1n) is 7.15. The lowest BCUT2D eigenvalue weighted by Gasteiger charge is -2.21. The molecule has 0 saturated carbocycles. The molecule has 4 heteroatoms. The molecule has 2 atom stereocenters. The van der Waals surface area contributed by atoms with Crippen LogP contribution in [0.25, 0.3) is 0 Å². The maximum absolute atomic E-state index is 12.0. The lowest BCUT2D eigenvalue weighted by Crippen LogP contribution is -2.26. The molecule has 1 heterocycles. The van der Waals surface area contributed by atoms with E-state index in [1.807, 2.05) is 25.1 Å². The number of nitrogens with one attached hydrogen (secondary N) is 1. The van der Waals surface area contributed by atoms with Crippen LogP contribution in [0.3, 0.4) is 0 Å². The molecule has 0 spiro atoms. The topological polar surface area (TPSA) is 41.6 Å². The minimum Gasteiger partial charge on any atom is -0.382 e. The minimum atomic E-state index is 0.0475. The molecular formula is C16H24N2O2. The van der Waals surface area contributed by atoms with Crippen LogP contribution in [0.1, 0.15) is 29.3 Å². The van der Waals surface area contributed by atoms with E-state index in [-0.39, 0.29) is 5.91 Å². The molecule has 4 nitrogen and oxygen atoms in total. The molecule has 1 amide bonds. The van der Waals surface area contributed by atoms with Gasteiger partial charge in [0.25, 0.3) is 5.91 Å². The molecule has 2 rings (SSSR count).